The molecule has 6 nitrogen and oxygen atoms in total. The number of methoxy groups -OCH3 is 1. The Hall–Kier alpha value is -2.47. The number of benzene rings is 1. The van der Waals surface area contributed by atoms with E-state index in [1.54, 1.807) is 25.1 Å². The van der Waals surface area contributed by atoms with Crippen LogP contribution < -0.4 is 5.32 Å². The minimum Gasteiger partial charge on any atom is -0.465 e. The zero-order chi connectivity index (χ0) is 15.4. The molecule has 0 unspecified atom stereocenters. The first-order valence-corrected chi connectivity index (χ1v) is 6.37. The van der Waals surface area contributed by atoms with Gasteiger partial charge in [0.05, 0.1) is 25.1 Å². The molecular weight excluding hydrogens is 294 g/mol. The standard InChI is InChI=1S/C14H12ClN3O3/c1-8-5-9(14(20)21-2)3-4-10(8)18-13(19)11-6-17-12(15)7-16-11/h3-7H,1-2H3,(H,18,19). The Balaban J connectivity index is 2.18. The van der Waals surface area contributed by atoms with Crippen LogP contribution in [0.1, 0.15) is 26.4 Å². The van der Waals surface area contributed by atoms with E-state index in [-0.39, 0.29) is 10.8 Å². The van der Waals surface area contributed by atoms with Crippen molar-refractivity contribution in [2.75, 3.05) is 12.4 Å². The molecule has 0 spiro atoms. The highest BCUT2D eigenvalue weighted by Gasteiger charge is 2.12. The summed E-state index contributed by atoms with van der Waals surface area (Å²) in [5, 5.41) is 2.91. The van der Waals surface area contributed by atoms with Crippen molar-refractivity contribution in [2.24, 2.45) is 0 Å². The molecule has 1 amide bonds. The summed E-state index contributed by atoms with van der Waals surface area (Å²) in [7, 11) is 1.31. The molecule has 1 N–H and O–H groups in total. The Bertz CT molecular complexity index is 686. The number of nitrogens with zero attached hydrogens (tertiary/aromatic N) is 2. The number of amides is 1. The van der Waals surface area contributed by atoms with E-state index in [9.17, 15) is 9.59 Å². The van der Waals surface area contributed by atoms with Crippen molar-refractivity contribution < 1.29 is 14.3 Å². The first kappa shape index (κ1) is 14.9. The van der Waals surface area contributed by atoms with Crippen molar-refractivity contribution in [3.63, 3.8) is 0 Å². The third kappa shape index (κ3) is 3.55. The number of nitrogens with one attached hydrogen (secondary N) is 1. The largest absolute Gasteiger partial charge is 0.465 e. The lowest BCUT2D eigenvalue weighted by Crippen LogP contribution is -2.15. The van der Waals surface area contributed by atoms with Gasteiger partial charge in [0.25, 0.3) is 5.91 Å². The Morgan fingerprint density at radius 3 is 2.57 bits per heavy atom. The second-order valence-corrected chi connectivity index (χ2v) is 4.59. The van der Waals surface area contributed by atoms with E-state index in [4.69, 9.17) is 11.6 Å². The summed E-state index contributed by atoms with van der Waals surface area (Å²) in [5.41, 5.74) is 1.87. The van der Waals surface area contributed by atoms with Gasteiger partial charge in [0.2, 0.25) is 0 Å². The van der Waals surface area contributed by atoms with E-state index >= 15 is 0 Å². The minimum absolute atomic E-state index is 0.149. The molecule has 1 aromatic carbocycles. The highest BCUT2D eigenvalue weighted by Crippen LogP contribution is 2.18. The average Bonchev–Trinajstić information content (AvgIpc) is 2.49. The van der Waals surface area contributed by atoms with Crippen molar-refractivity contribution in [2.45, 2.75) is 6.92 Å². The van der Waals surface area contributed by atoms with Crippen LogP contribution in [0.2, 0.25) is 5.15 Å². The number of esters is 1. The number of aromatic nitrogens is 2. The first-order chi connectivity index (χ1) is 10.0. The number of hydrogen-bond donors (Lipinski definition) is 1. The number of hydrogen-bond acceptors (Lipinski definition) is 5. The van der Waals surface area contributed by atoms with Crippen LogP contribution >= 0.6 is 11.6 Å². The average molecular weight is 306 g/mol. The number of halogens is 1. The topological polar surface area (TPSA) is 81.2 Å². The fourth-order valence-electron chi connectivity index (χ4n) is 1.66. The van der Waals surface area contributed by atoms with Crippen LogP contribution in [0.4, 0.5) is 5.69 Å². The van der Waals surface area contributed by atoms with Crippen molar-refractivity contribution in [1.82, 2.24) is 9.97 Å². The van der Waals surface area contributed by atoms with E-state index in [0.29, 0.717) is 11.3 Å². The molecule has 0 saturated heterocycles. The number of carbonyl (C=O) groups is 2. The highest BCUT2D eigenvalue weighted by molar-refractivity contribution is 6.29. The number of carbonyl (C=O) groups excluding carboxylic acids is 2. The summed E-state index contributed by atoms with van der Waals surface area (Å²) in [6.45, 7) is 1.77. The van der Waals surface area contributed by atoms with Crippen molar-refractivity contribution in [3.8, 4) is 0 Å². The van der Waals surface area contributed by atoms with Gasteiger partial charge in [-0.15, -0.1) is 0 Å². The summed E-state index contributed by atoms with van der Waals surface area (Å²) in [6, 6.07) is 4.83. The van der Waals surface area contributed by atoms with Crippen LogP contribution in [0, 0.1) is 6.92 Å². The molecule has 0 aliphatic rings. The van der Waals surface area contributed by atoms with Gasteiger partial charge < -0.3 is 10.1 Å². The van der Waals surface area contributed by atoms with E-state index in [1.165, 1.54) is 19.5 Å². The van der Waals surface area contributed by atoms with Crippen LogP contribution in [0.3, 0.4) is 0 Å². The predicted molar refractivity (Wildman–Crippen MR) is 77.5 cm³/mol. The lowest BCUT2D eigenvalue weighted by molar-refractivity contribution is 0.0600. The van der Waals surface area contributed by atoms with Crippen molar-refractivity contribution in [1.29, 1.82) is 0 Å². The molecule has 1 aromatic heterocycles. The summed E-state index contributed by atoms with van der Waals surface area (Å²) in [5.74, 6) is -0.840. The molecule has 21 heavy (non-hydrogen) atoms. The third-order valence-corrected chi connectivity index (χ3v) is 2.94. The van der Waals surface area contributed by atoms with Crippen LogP contribution in [0.25, 0.3) is 0 Å². The highest BCUT2D eigenvalue weighted by atomic mass is 35.5. The third-order valence-electron chi connectivity index (χ3n) is 2.75. The van der Waals surface area contributed by atoms with Gasteiger partial charge in [-0.1, -0.05) is 11.6 Å². The summed E-state index contributed by atoms with van der Waals surface area (Å²) in [4.78, 5) is 31.1. The Kier molecular flexibility index (Phi) is 4.49. The zero-order valence-corrected chi connectivity index (χ0v) is 12.1. The molecule has 7 heteroatoms. The summed E-state index contributed by atoms with van der Waals surface area (Å²) >= 11 is 5.61. The van der Waals surface area contributed by atoms with Crippen LogP contribution in [-0.4, -0.2) is 29.0 Å². The number of ether oxygens (including phenoxy) is 1. The van der Waals surface area contributed by atoms with Crippen LogP contribution in [0.15, 0.2) is 30.6 Å². The second kappa shape index (κ2) is 6.32. The molecular formula is C14H12ClN3O3. The number of anilines is 1. The Morgan fingerprint density at radius 2 is 2.00 bits per heavy atom. The van der Waals surface area contributed by atoms with Crippen molar-refractivity contribution in [3.05, 3.63) is 52.6 Å². The fourth-order valence-corrected chi connectivity index (χ4v) is 1.76. The Labute approximate surface area is 126 Å². The SMILES string of the molecule is COC(=O)c1ccc(NC(=O)c2cnc(Cl)cn2)c(C)c1. The lowest BCUT2D eigenvalue weighted by atomic mass is 10.1. The van der Waals surface area contributed by atoms with Crippen LogP contribution in [-0.2, 0) is 4.74 Å². The summed E-state index contributed by atoms with van der Waals surface area (Å²) < 4.78 is 4.64. The fraction of sp³-hybridized carbons (Fsp3) is 0.143. The van der Waals surface area contributed by atoms with Gasteiger partial charge in [0, 0.05) is 5.69 Å². The smallest absolute Gasteiger partial charge is 0.337 e. The molecule has 0 bridgehead atoms. The van der Waals surface area contributed by atoms with Gasteiger partial charge in [0.15, 0.2) is 0 Å². The normalized spacial score (nSPS) is 10.0. The molecule has 2 aromatic rings. The second-order valence-electron chi connectivity index (χ2n) is 4.20. The molecule has 0 atom stereocenters. The van der Waals surface area contributed by atoms with E-state index < -0.39 is 11.9 Å². The molecule has 0 saturated carbocycles. The van der Waals surface area contributed by atoms with Gasteiger partial charge in [-0.05, 0) is 30.7 Å². The van der Waals surface area contributed by atoms with Gasteiger partial charge in [0.1, 0.15) is 10.8 Å². The van der Waals surface area contributed by atoms with E-state index in [0.717, 1.165) is 5.56 Å². The molecule has 0 radical (unpaired) electrons. The quantitative estimate of drug-likeness (QED) is 0.881. The molecule has 2 rings (SSSR count). The van der Waals surface area contributed by atoms with E-state index in [2.05, 4.69) is 20.0 Å². The molecule has 0 aliphatic carbocycles. The molecule has 0 fully saturated rings. The first-order valence-electron chi connectivity index (χ1n) is 5.99. The predicted octanol–water partition coefficient (Wildman–Crippen LogP) is 2.48. The van der Waals surface area contributed by atoms with Gasteiger partial charge in [-0.3, -0.25) is 4.79 Å². The minimum atomic E-state index is -0.431. The van der Waals surface area contributed by atoms with Gasteiger partial charge in [-0.25, -0.2) is 14.8 Å². The zero-order valence-electron chi connectivity index (χ0n) is 11.4. The van der Waals surface area contributed by atoms with Crippen LogP contribution in [0.5, 0.6) is 0 Å². The number of rotatable bonds is 3. The Morgan fingerprint density at radius 1 is 1.24 bits per heavy atom. The number of aryl methyl sites for hydroxylation is 1. The van der Waals surface area contributed by atoms with Gasteiger partial charge >= 0.3 is 5.97 Å². The maximum absolute atomic E-state index is 12.0. The summed E-state index contributed by atoms with van der Waals surface area (Å²) in [6.07, 6.45) is 2.58. The maximum Gasteiger partial charge on any atom is 0.337 e. The molecule has 0 aliphatic heterocycles. The maximum atomic E-state index is 12.0. The molecule has 108 valence electrons. The van der Waals surface area contributed by atoms with Crippen molar-refractivity contribution >= 4 is 29.2 Å². The van der Waals surface area contributed by atoms with E-state index in [1.807, 2.05) is 0 Å². The van der Waals surface area contributed by atoms with Gasteiger partial charge in [-0.2, -0.15) is 0 Å². The lowest BCUT2D eigenvalue weighted by Gasteiger charge is -2.09. The monoisotopic (exact) mass is 305 g/mol. The molecule has 1 heterocycles.